The molecule has 13 heavy (non-hydrogen) atoms. The van der Waals surface area contributed by atoms with Gasteiger partial charge in [-0.25, -0.2) is 10.2 Å². The number of hydrogen-bond acceptors (Lipinski definition) is 3. The fourth-order valence-corrected chi connectivity index (χ4v) is 0.968. The minimum Gasteiger partial charge on any atom is -0.397 e. The highest BCUT2D eigenvalue weighted by Crippen LogP contribution is 2.22. The molecule has 1 aromatic rings. The maximum atomic E-state index is 13.0. The van der Waals surface area contributed by atoms with E-state index in [0.717, 1.165) is 12.1 Å². The third kappa shape index (κ3) is 1.88. The summed E-state index contributed by atoms with van der Waals surface area (Å²) in [5.41, 5.74) is 7.05. The van der Waals surface area contributed by atoms with Gasteiger partial charge in [0.05, 0.1) is 16.3 Å². The Morgan fingerprint density at radius 2 is 2.15 bits per heavy atom. The van der Waals surface area contributed by atoms with E-state index in [-0.39, 0.29) is 16.3 Å². The number of nitrogens with one attached hydrogen (secondary N) is 1. The molecule has 0 bridgehead atoms. The van der Waals surface area contributed by atoms with E-state index < -0.39 is 11.7 Å². The molecule has 0 atom stereocenters. The summed E-state index contributed by atoms with van der Waals surface area (Å²) in [6.45, 7) is 0. The van der Waals surface area contributed by atoms with Crippen LogP contribution in [-0.4, -0.2) is 5.91 Å². The number of hydrogen-bond donors (Lipinski definition) is 3. The van der Waals surface area contributed by atoms with Crippen molar-refractivity contribution in [1.29, 1.82) is 0 Å². The summed E-state index contributed by atoms with van der Waals surface area (Å²) in [5.74, 6) is 3.31. The molecule has 4 nitrogen and oxygen atoms in total. The highest BCUT2D eigenvalue weighted by atomic mass is 35.5. The van der Waals surface area contributed by atoms with Gasteiger partial charge in [0.1, 0.15) is 5.82 Å². The zero-order valence-electron chi connectivity index (χ0n) is 6.47. The van der Waals surface area contributed by atoms with Crippen molar-refractivity contribution in [3.8, 4) is 0 Å². The van der Waals surface area contributed by atoms with Crippen molar-refractivity contribution in [2.24, 2.45) is 5.84 Å². The Morgan fingerprint density at radius 1 is 1.54 bits per heavy atom. The Hall–Kier alpha value is -1.33. The van der Waals surface area contributed by atoms with Crippen LogP contribution < -0.4 is 17.0 Å². The van der Waals surface area contributed by atoms with Crippen LogP contribution in [0.4, 0.5) is 10.1 Å². The van der Waals surface area contributed by atoms with Gasteiger partial charge in [-0.3, -0.25) is 10.2 Å². The van der Waals surface area contributed by atoms with Crippen LogP contribution in [-0.2, 0) is 0 Å². The van der Waals surface area contributed by atoms with Gasteiger partial charge in [-0.15, -0.1) is 0 Å². The number of carbonyl (C=O) groups excluding carboxylic acids is 1. The average Bonchev–Trinajstić information content (AvgIpc) is 2.10. The van der Waals surface area contributed by atoms with Crippen molar-refractivity contribution in [2.75, 3.05) is 5.73 Å². The number of benzene rings is 1. The van der Waals surface area contributed by atoms with Crippen molar-refractivity contribution >= 4 is 23.2 Å². The van der Waals surface area contributed by atoms with Gasteiger partial charge >= 0.3 is 0 Å². The molecule has 0 aromatic heterocycles. The lowest BCUT2D eigenvalue weighted by molar-refractivity contribution is 0.0949. The van der Waals surface area contributed by atoms with Crippen LogP contribution in [0.2, 0.25) is 5.02 Å². The van der Waals surface area contributed by atoms with Crippen LogP contribution in [0, 0.1) is 5.82 Å². The summed E-state index contributed by atoms with van der Waals surface area (Å²) >= 11 is 5.51. The van der Waals surface area contributed by atoms with E-state index in [1.807, 2.05) is 0 Å². The van der Waals surface area contributed by atoms with Crippen molar-refractivity contribution in [1.82, 2.24) is 5.43 Å². The van der Waals surface area contributed by atoms with E-state index in [4.69, 9.17) is 23.2 Å². The largest absolute Gasteiger partial charge is 0.397 e. The quantitative estimate of drug-likeness (QED) is 0.272. The predicted molar refractivity (Wildman–Crippen MR) is 47.5 cm³/mol. The molecule has 6 heteroatoms. The molecule has 0 radical (unpaired) electrons. The Morgan fingerprint density at radius 3 is 2.69 bits per heavy atom. The summed E-state index contributed by atoms with van der Waals surface area (Å²) in [4.78, 5) is 10.9. The van der Waals surface area contributed by atoms with E-state index in [0.29, 0.717) is 0 Å². The minimum absolute atomic E-state index is 0.0612. The molecule has 70 valence electrons. The second-order valence-corrected chi connectivity index (χ2v) is 2.73. The first-order valence-electron chi connectivity index (χ1n) is 3.31. The van der Waals surface area contributed by atoms with Gasteiger partial charge < -0.3 is 5.73 Å². The molecule has 0 aliphatic heterocycles. The normalized spacial score (nSPS) is 9.77. The molecule has 0 spiro atoms. The lowest BCUT2D eigenvalue weighted by Crippen LogP contribution is -2.30. The second-order valence-electron chi connectivity index (χ2n) is 2.33. The first-order valence-corrected chi connectivity index (χ1v) is 3.69. The zero-order valence-corrected chi connectivity index (χ0v) is 7.23. The molecule has 1 rings (SSSR count). The fourth-order valence-electron chi connectivity index (χ4n) is 0.817. The molecule has 5 N–H and O–H groups in total. The lowest BCUT2D eigenvalue weighted by atomic mass is 10.2. The van der Waals surface area contributed by atoms with Crippen molar-refractivity contribution in [3.63, 3.8) is 0 Å². The molecule has 0 aliphatic rings. The number of nitrogen functional groups attached to an aromatic ring is 2. The summed E-state index contributed by atoms with van der Waals surface area (Å²) in [6, 6.07) is 2.08. The molecule has 0 heterocycles. The predicted octanol–water partition coefficient (Wildman–Crippen LogP) is 0.665. The Bertz CT molecular complexity index is 356. The topological polar surface area (TPSA) is 81.1 Å². The maximum Gasteiger partial charge on any atom is 0.268 e. The Labute approximate surface area is 78.6 Å². The zero-order chi connectivity index (χ0) is 10.0. The van der Waals surface area contributed by atoms with Crippen LogP contribution in [0.25, 0.3) is 0 Å². The smallest absolute Gasteiger partial charge is 0.268 e. The fraction of sp³-hybridized carbons (Fsp3) is 0. The number of halogens is 2. The van der Waals surface area contributed by atoms with Gasteiger partial charge in [-0.05, 0) is 12.1 Å². The number of carbonyl (C=O) groups is 1. The van der Waals surface area contributed by atoms with E-state index in [2.05, 4.69) is 0 Å². The number of anilines is 1. The monoisotopic (exact) mass is 203 g/mol. The molecule has 0 fully saturated rings. The third-order valence-electron chi connectivity index (χ3n) is 1.46. The number of amides is 1. The van der Waals surface area contributed by atoms with E-state index in [9.17, 15) is 9.18 Å². The average molecular weight is 204 g/mol. The van der Waals surface area contributed by atoms with Crippen LogP contribution >= 0.6 is 11.6 Å². The van der Waals surface area contributed by atoms with Crippen molar-refractivity contribution in [2.45, 2.75) is 0 Å². The van der Waals surface area contributed by atoms with E-state index >= 15 is 0 Å². The lowest BCUT2D eigenvalue weighted by Gasteiger charge is -2.03. The van der Waals surface area contributed by atoms with Crippen molar-refractivity contribution < 1.29 is 9.18 Å². The second kappa shape index (κ2) is 3.59. The molecule has 0 unspecified atom stereocenters. The first kappa shape index (κ1) is 9.76. The van der Waals surface area contributed by atoms with E-state index in [1.165, 1.54) is 0 Å². The van der Waals surface area contributed by atoms with Gasteiger partial charge in [0.2, 0.25) is 0 Å². The van der Waals surface area contributed by atoms with Crippen LogP contribution in [0.5, 0.6) is 0 Å². The van der Waals surface area contributed by atoms with Gasteiger partial charge in [0.15, 0.2) is 0 Å². The molecule has 0 saturated heterocycles. The third-order valence-corrected chi connectivity index (χ3v) is 1.79. The summed E-state index contributed by atoms with van der Waals surface area (Å²) in [7, 11) is 0. The Balaban J connectivity index is 3.23. The molecule has 1 aromatic carbocycles. The summed E-state index contributed by atoms with van der Waals surface area (Å²) in [6.07, 6.45) is 0. The number of hydrazine groups is 1. The Kier molecular flexibility index (Phi) is 2.69. The molecular formula is C7H7ClFN3O. The highest BCUT2D eigenvalue weighted by Gasteiger charge is 2.12. The van der Waals surface area contributed by atoms with Crippen LogP contribution in [0.1, 0.15) is 10.4 Å². The van der Waals surface area contributed by atoms with Gasteiger partial charge in [-0.1, -0.05) is 11.6 Å². The maximum absolute atomic E-state index is 13.0. The standard InChI is InChI=1S/C7H7ClFN3O/c8-4-2-5(9)3(1-6(4)10)7(13)12-11/h1-2H,10-11H2,(H,12,13). The van der Waals surface area contributed by atoms with E-state index in [1.54, 1.807) is 5.43 Å². The SMILES string of the molecule is NNC(=O)c1cc(N)c(Cl)cc1F. The summed E-state index contributed by atoms with van der Waals surface area (Å²) in [5, 5.41) is 0.0612. The van der Waals surface area contributed by atoms with Crippen molar-refractivity contribution in [3.05, 3.63) is 28.5 Å². The number of nitrogens with two attached hydrogens (primary N) is 2. The van der Waals surface area contributed by atoms with Crippen LogP contribution in [0.15, 0.2) is 12.1 Å². The number of rotatable bonds is 1. The highest BCUT2D eigenvalue weighted by molar-refractivity contribution is 6.33. The minimum atomic E-state index is -0.762. The van der Waals surface area contributed by atoms with Gasteiger partial charge in [0, 0.05) is 0 Å². The first-order chi connectivity index (χ1) is 6.06. The van der Waals surface area contributed by atoms with Crippen LogP contribution in [0.3, 0.4) is 0 Å². The molecule has 1 amide bonds. The van der Waals surface area contributed by atoms with Gasteiger partial charge in [-0.2, -0.15) is 0 Å². The molecule has 0 aliphatic carbocycles. The summed E-state index contributed by atoms with van der Waals surface area (Å²) < 4.78 is 13.0. The van der Waals surface area contributed by atoms with Gasteiger partial charge in [0.25, 0.3) is 5.91 Å². The molecule has 0 saturated carbocycles. The molecular weight excluding hydrogens is 197 g/mol.